The van der Waals surface area contributed by atoms with Gasteiger partial charge in [-0.15, -0.1) is 0 Å². The lowest BCUT2D eigenvalue weighted by Gasteiger charge is -2.40. The minimum atomic E-state index is -0.958. The number of hydrogen-bond donors (Lipinski definition) is 2. The summed E-state index contributed by atoms with van der Waals surface area (Å²) in [6.07, 6.45) is 2.80. The van der Waals surface area contributed by atoms with Gasteiger partial charge in [0.05, 0.1) is 27.3 Å². The molecule has 12 nitrogen and oxygen atoms in total. The summed E-state index contributed by atoms with van der Waals surface area (Å²) < 4.78 is 44.0. The summed E-state index contributed by atoms with van der Waals surface area (Å²) in [6, 6.07) is 4.09. The zero-order valence-electron chi connectivity index (χ0n) is 29.7. The summed E-state index contributed by atoms with van der Waals surface area (Å²) in [5.41, 5.74) is -0.555. The normalized spacial score (nSPS) is 21.5. The van der Waals surface area contributed by atoms with Crippen LogP contribution in [0.15, 0.2) is 18.2 Å². The van der Waals surface area contributed by atoms with Gasteiger partial charge in [-0.05, 0) is 85.0 Å². The largest absolute Gasteiger partial charge is 0.465 e. The number of hydrogen-bond acceptors (Lipinski definition) is 10. The van der Waals surface area contributed by atoms with Gasteiger partial charge in [-0.25, -0.2) is 23.4 Å². The van der Waals surface area contributed by atoms with E-state index in [0.29, 0.717) is 49.7 Å². The second-order valence-corrected chi connectivity index (χ2v) is 16.3. The molecule has 4 atom stereocenters. The first kappa shape index (κ1) is 36.3. The number of carboxylic acid groups (broad SMARTS) is 1. The van der Waals surface area contributed by atoms with Gasteiger partial charge in [0, 0.05) is 42.2 Å². The molecule has 0 aliphatic carbocycles. The van der Waals surface area contributed by atoms with E-state index >= 15 is 8.78 Å². The molecule has 4 aromatic rings. The van der Waals surface area contributed by atoms with Crippen molar-refractivity contribution in [3.63, 3.8) is 0 Å². The number of aromatic nitrogens is 3. The van der Waals surface area contributed by atoms with E-state index in [9.17, 15) is 14.7 Å². The van der Waals surface area contributed by atoms with Gasteiger partial charge >= 0.3 is 18.2 Å². The van der Waals surface area contributed by atoms with Gasteiger partial charge in [0.25, 0.3) is 0 Å². The number of fused-ring (bicyclic) bond motifs is 4. The van der Waals surface area contributed by atoms with Crippen LogP contribution in [0.2, 0.25) is 5.02 Å². The predicted molar refractivity (Wildman–Crippen MR) is 197 cm³/mol. The number of amides is 2. The number of likely N-dealkylation sites (tertiary alicyclic amines) is 1. The topological polar surface area (TPSA) is 133 Å². The van der Waals surface area contributed by atoms with Crippen LogP contribution in [-0.4, -0.2) is 98.1 Å². The van der Waals surface area contributed by atoms with Crippen molar-refractivity contribution in [2.45, 2.75) is 96.6 Å². The number of anilines is 2. The fraction of sp³-hybridized carbons (Fsp3) is 0.528. The Bertz CT molecular complexity index is 2030. The summed E-state index contributed by atoms with van der Waals surface area (Å²) >= 11 is 7.78. The summed E-state index contributed by atoms with van der Waals surface area (Å²) in [6.45, 7) is 11.6. The number of piperidine rings is 1. The molecule has 52 heavy (non-hydrogen) atoms. The number of carbonyl (C=O) groups is 2. The van der Waals surface area contributed by atoms with E-state index in [1.165, 1.54) is 23.5 Å². The summed E-state index contributed by atoms with van der Waals surface area (Å²) in [7, 11) is 0. The minimum Gasteiger partial charge on any atom is -0.465 e. The molecule has 2 bridgehead atoms. The molecule has 3 saturated heterocycles. The number of rotatable bonds is 7. The van der Waals surface area contributed by atoms with Crippen LogP contribution in [0.5, 0.6) is 6.01 Å². The van der Waals surface area contributed by atoms with E-state index in [2.05, 4.69) is 27.1 Å². The van der Waals surface area contributed by atoms with Crippen molar-refractivity contribution in [3.05, 3.63) is 34.9 Å². The van der Waals surface area contributed by atoms with Crippen LogP contribution in [-0.2, 0) is 4.74 Å². The van der Waals surface area contributed by atoms with Crippen LogP contribution >= 0.6 is 22.9 Å². The molecule has 16 heteroatoms. The lowest BCUT2D eigenvalue weighted by molar-refractivity contribution is 0.0635. The first-order valence-electron chi connectivity index (χ1n) is 17.6. The van der Waals surface area contributed by atoms with Crippen molar-refractivity contribution in [1.82, 2.24) is 24.8 Å². The Morgan fingerprint density at radius 1 is 1.10 bits per heavy atom. The maximum absolute atomic E-state index is 17.1. The third kappa shape index (κ3) is 7.14. The van der Waals surface area contributed by atoms with E-state index in [0.717, 1.165) is 30.7 Å². The van der Waals surface area contributed by atoms with Gasteiger partial charge < -0.3 is 19.5 Å². The lowest BCUT2D eigenvalue weighted by Crippen LogP contribution is -2.55. The molecule has 0 radical (unpaired) electrons. The maximum atomic E-state index is 17.1. The van der Waals surface area contributed by atoms with Crippen LogP contribution < -0.4 is 15.0 Å². The first-order valence-corrected chi connectivity index (χ1v) is 18.8. The third-order valence-corrected chi connectivity index (χ3v) is 11.2. The van der Waals surface area contributed by atoms with Gasteiger partial charge in [0.1, 0.15) is 28.9 Å². The van der Waals surface area contributed by atoms with Crippen molar-refractivity contribution >= 4 is 67.2 Å². The average Bonchev–Trinajstić information content (AvgIpc) is 3.60. The summed E-state index contributed by atoms with van der Waals surface area (Å²) in [4.78, 5) is 44.3. The van der Waals surface area contributed by atoms with Gasteiger partial charge in [0.15, 0.2) is 10.9 Å². The summed E-state index contributed by atoms with van der Waals surface area (Å²) in [5, 5.41) is 12.8. The van der Waals surface area contributed by atoms with E-state index in [4.69, 9.17) is 26.1 Å². The first-order chi connectivity index (χ1) is 24.7. The van der Waals surface area contributed by atoms with Crippen molar-refractivity contribution < 1.29 is 33.0 Å². The molecule has 7 rings (SSSR count). The number of ether oxygens (including phenoxy) is 2. The van der Waals surface area contributed by atoms with E-state index in [1.54, 1.807) is 26.8 Å². The van der Waals surface area contributed by atoms with Gasteiger partial charge in [-0.2, -0.15) is 9.97 Å². The fourth-order valence-corrected chi connectivity index (χ4v) is 8.86. The lowest BCUT2D eigenvalue weighted by atomic mass is 10.0. The molecule has 5 heterocycles. The Balaban J connectivity index is 1.31. The molecule has 2 amide bonds. The Morgan fingerprint density at radius 2 is 1.83 bits per heavy atom. The highest BCUT2D eigenvalue weighted by Gasteiger charge is 2.43. The molecule has 278 valence electrons. The van der Waals surface area contributed by atoms with Gasteiger partial charge in [0.2, 0.25) is 0 Å². The highest BCUT2D eigenvalue weighted by atomic mass is 35.5. The molecule has 3 fully saturated rings. The molecule has 0 spiro atoms. The second-order valence-electron chi connectivity index (χ2n) is 14.9. The molecule has 3 aliphatic rings. The SMILES string of the molecule is CC(CN1CCCCC1C)Oc1nc(N2CC3CCC(C2)N3C(=O)O)c2cc(Cl)c(-c3ccc(F)c4sc(NC(=O)OC(C)(C)C)nc34)c(F)c2n1. The molecule has 3 aliphatic heterocycles. The van der Waals surface area contributed by atoms with Gasteiger partial charge in [-0.3, -0.25) is 15.1 Å². The number of thiazole rings is 1. The van der Waals surface area contributed by atoms with E-state index in [-0.39, 0.29) is 61.2 Å². The van der Waals surface area contributed by atoms with Crippen molar-refractivity contribution in [3.8, 4) is 17.1 Å². The molecule has 2 aromatic heterocycles. The standard InChI is InChI=1S/C36H42ClF2N7O5S/c1-18-8-6-7-13-44(18)15-19(2)50-32-40-28-23(31(42-32)45-16-20-9-10-21(17-45)46(20)35(48)49)14-24(37)26(27(28)39)22-11-12-25(38)30-29(22)41-33(52-30)43-34(47)51-36(3,4)5/h11-12,14,18-21H,6-10,13,15-17H2,1-5H3,(H,48,49)(H,41,43,47). The Kier molecular flexibility index (Phi) is 9.80. The maximum Gasteiger partial charge on any atom is 0.413 e. The zero-order valence-corrected chi connectivity index (χ0v) is 31.3. The minimum absolute atomic E-state index is 0.0124. The van der Waals surface area contributed by atoms with Crippen molar-refractivity contribution in [2.24, 2.45) is 0 Å². The number of carbonyl (C=O) groups excluding carboxylic acids is 1. The molecule has 4 unspecified atom stereocenters. The number of halogens is 3. The van der Waals surface area contributed by atoms with Crippen molar-refractivity contribution in [1.29, 1.82) is 0 Å². The zero-order chi connectivity index (χ0) is 37.1. The molecule has 2 aromatic carbocycles. The number of nitrogens with one attached hydrogen (secondary N) is 1. The van der Waals surface area contributed by atoms with Crippen LogP contribution in [0.25, 0.3) is 32.2 Å². The highest BCUT2D eigenvalue weighted by Crippen LogP contribution is 2.44. The van der Waals surface area contributed by atoms with Crippen molar-refractivity contribution in [2.75, 3.05) is 36.4 Å². The molecule has 0 saturated carbocycles. The Morgan fingerprint density at radius 3 is 2.50 bits per heavy atom. The monoisotopic (exact) mass is 757 g/mol. The predicted octanol–water partition coefficient (Wildman–Crippen LogP) is 8.16. The van der Waals surface area contributed by atoms with Crippen LogP contribution in [0.4, 0.5) is 29.3 Å². The number of nitrogens with zero attached hydrogens (tertiary/aromatic N) is 6. The molecular formula is C36H42ClF2N7O5S. The average molecular weight is 758 g/mol. The highest BCUT2D eigenvalue weighted by molar-refractivity contribution is 7.22. The van der Waals surface area contributed by atoms with E-state index in [1.807, 2.05) is 11.8 Å². The van der Waals surface area contributed by atoms with E-state index < -0.39 is 29.4 Å². The van der Waals surface area contributed by atoms with Gasteiger partial charge in [-0.1, -0.05) is 29.4 Å². The third-order valence-electron chi connectivity index (χ3n) is 9.96. The fourth-order valence-electron chi connectivity index (χ4n) is 7.69. The number of piperazine rings is 1. The smallest absolute Gasteiger partial charge is 0.413 e. The quantitative estimate of drug-likeness (QED) is 0.190. The Hall–Kier alpha value is -4.08. The molecule has 2 N–H and O–H groups in total. The van der Waals surface area contributed by atoms with Crippen LogP contribution in [0, 0.1) is 11.6 Å². The second kappa shape index (κ2) is 14.0. The van der Waals surface area contributed by atoms with Crippen LogP contribution in [0.1, 0.15) is 66.7 Å². The summed E-state index contributed by atoms with van der Waals surface area (Å²) in [5.74, 6) is -0.976. The van der Waals surface area contributed by atoms with Crippen LogP contribution in [0.3, 0.4) is 0 Å². The molecular weight excluding hydrogens is 716 g/mol. The number of benzene rings is 2. The Labute approximate surface area is 309 Å².